The van der Waals surface area contributed by atoms with Gasteiger partial charge in [0.2, 0.25) is 0 Å². The highest BCUT2D eigenvalue weighted by Gasteiger charge is 2.28. The summed E-state index contributed by atoms with van der Waals surface area (Å²) in [6.07, 6.45) is 47.4. The Bertz CT molecular complexity index is 1190. The quantitative estimate of drug-likeness (QED) is 0.0231. The molecule has 0 heterocycles. The standard InChI is InChI=1S/C47H84NO10P/c1-3-5-7-9-11-13-15-17-19-21-23-25-27-29-31-33-35-37-39-46(50)58-43(41-56-59(53,54)57-42-44(48)47(51)52)40-55-45(49)38-36-34-32-30-28-26-24-22-20-18-16-14-12-10-8-6-4-2/h8,10,14,16,20,22,26,28,43-44H,3-7,9,11-13,15,17-19,21,23-25,27,29-42,48H2,1-2H3,(H,51,52)(H,53,54)/b10-8+,16-14+,22-20+,28-26+/t43-,44+/m1/s1. The molecule has 59 heavy (non-hydrogen) atoms. The van der Waals surface area contributed by atoms with Crippen LogP contribution in [-0.2, 0) is 37.5 Å². The van der Waals surface area contributed by atoms with E-state index in [2.05, 4.69) is 67.0 Å². The zero-order valence-corrected chi connectivity index (χ0v) is 38.0. The average Bonchev–Trinajstić information content (AvgIpc) is 3.21. The van der Waals surface area contributed by atoms with Gasteiger partial charge in [0.25, 0.3) is 0 Å². The van der Waals surface area contributed by atoms with Gasteiger partial charge in [-0.1, -0.05) is 184 Å². The summed E-state index contributed by atoms with van der Waals surface area (Å²) < 4.78 is 32.7. The zero-order chi connectivity index (χ0) is 43.5. The van der Waals surface area contributed by atoms with Crippen LogP contribution in [0.1, 0.15) is 200 Å². The van der Waals surface area contributed by atoms with Crippen LogP contribution >= 0.6 is 7.82 Å². The van der Waals surface area contributed by atoms with Crippen LogP contribution < -0.4 is 5.73 Å². The van der Waals surface area contributed by atoms with E-state index in [0.29, 0.717) is 12.8 Å². The zero-order valence-electron chi connectivity index (χ0n) is 37.1. The smallest absolute Gasteiger partial charge is 0.472 e. The lowest BCUT2D eigenvalue weighted by Crippen LogP contribution is -2.34. The Morgan fingerprint density at radius 2 is 0.932 bits per heavy atom. The summed E-state index contributed by atoms with van der Waals surface area (Å²) in [5, 5.41) is 8.90. The van der Waals surface area contributed by atoms with Crippen molar-refractivity contribution >= 4 is 25.7 Å². The lowest BCUT2D eigenvalue weighted by atomic mass is 10.0. The largest absolute Gasteiger partial charge is 0.480 e. The predicted octanol–water partition coefficient (Wildman–Crippen LogP) is 12.6. The second-order valence-corrected chi connectivity index (χ2v) is 17.0. The van der Waals surface area contributed by atoms with E-state index in [4.69, 9.17) is 24.8 Å². The van der Waals surface area contributed by atoms with Crippen LogP contribution in [0, 0.1) is 0 Å². The average molecular weight is 854 g/mol. The van der Waals surface area contributed by atoms with E-state index in [1.165, 1.54) is 96.3 Å². The molecule has 11 nitrogen and oxygen atoms in total. The maximum absolute atomic E-state index is 12.7. The van der Waals surface area contributed by atoms with Crippen molar-refractivity contribution in [2.24, 2.45) is 5.73 Å². The van der Waals surface area contributed by atoms with Crippen molar-refractivity contribution in [3.05, 3.63) is 48.6 Å². The Morgan fingerprint density at radius 3 is 1.41 bits per heavy atom. The van der Waals surface area contributed by atoms with Crippen LogP contribution in [0.3, 0.4) is 0 Å². The Hall–Kier alpha value is -2.56. The van der Waals surface area contributed by atoms with Crippen LogP contribution in [0.25, 0.3) is 0 Å². The number of carbonyl (C=O) groups excluding carboxylic acids is 2. The van der Waals surface area contributed by atoms with Gasteiger partial charge in [-0.15, -0.1) is 0 Å². The maximum Gasteiger partial charge on any atom is 0.472 e. The van der Waals surface area contributed by atoms with Gasteiger partial charge in [-0.3, -0.25) is 23.4 Å². The summed E-state index contributed by atoms with van der Waals surface area (Å²) in [6, 6.07) is -1.53. The summed E-state index contributed by atoms with van der Waals surface area (Å²) in [5.74, 6) is -2.41. The van der Waals surface area contributed by atoms with E-state index in [1.807, 2.05) is 0 Å². The molecule has 0 aliphatic rings. The van der Waals surface area contributed by atoms with Crippen molar-refractivity contribution in [3.63, 3.8) is 0 Å². The third-order valence-corrected chi connectivity index (χ3v) is 10.8. The highest BCUT2D eigenvalue weighted by Crippen LogP contribution is 2.43. The highest BCUT2D eigenvalue weighted by molar-refractivity contribution is 7.47. The number of unbranched alkanes of at least 4 members (excludes halogenated alkanes) is 21. The maximum atomic E-state index is 12.7. The fourth-order valence-electron chi connectivity index (χ4n) is 6.17. The first-order valence-corrected chi connectivity index (χ1v) is 24.7. The molecule has 0 aliphatic carbocycles. The first kappa shape index (κ1) is 56.4. The lowest BCUT2D eigenvalue weighted by molar-refractivity contribution is -0.161. The Kier molecular flexibility index (Phi) is 40.3. The fourth-order valence-corrected chi connectivity index (χ4v) is 6.95. The molecule has 342 valence electrons. The lowest BCUT2D eigenvalue weighted by Gasteiger charge is -2.20. The van der Waals surface area contributed by atoms with Gasteiger partial charge >= 0.3 is 25.7 Å². The minimum atomic E-state index is -4.72. The molecule has 0 fully saturated rings. The van der Waals surface area contributed by atoms with Gasteiger partial charge in [0, 0.05) is 12.8 Å². The van der Waals surface area contributed by atoms with E-state index in [0.717, 1.165) is 64.2 Å². The number of aliphatic carboxylic acids is 1. The van der Waals surface area contributed by atoms with Crippen LogP contribution in [0.5, 0.6) is 0 Å². The molecular weight excluding hydrogens is 769 g/mol. The number of phosphoric acid groups is 1. The monoisotopic (exact) mass is 854 g/mol. The minimum Gasteiger partial charge on any atom is -0.480 e. The highest BCUT2D eigenvalue weighted by atomic mass is 31.2. The molecule has 0 saturated carbocycles. The molecule has 0 aromatic heterocycles. The van der Waals surface area contributed by atoms with Crippen molar-refractivity contribution < 1.29 is 47.5 Å². The van der Waals surface area contributed by atoms with Crippen LogP contribution in [-0.4, -0.2) is 59.9 Å². The number of hydrogen-bond donors (Lipinski definition) is 3. The van der Waals surface area contributed by atoms with Gasteiger partial charge in [0.15, 0.2) is 6.10 Å². The van der Waals surface area contributed by atoms with Gasteiger partial charge in [0.1, 0.15) is 12.6 Å². The SMILES string of the molecule is CCC/C=C/C/C=C/C/C=C/C/C=C/CCCCCC(=O)OC[C@H](COP(=O)(O)OC[C@H](N)C(=O)O)OC(=O)CCCCCCCCCCCCCCCCCCCC. The van der Waals surface area contributed by atoms with Crippen molar-refractivity contribution in [3.8, 4) is 0 Å². The predicted molar refractivity (Wildman–Crippen MR) is 240 cm³/mol. The number of nitrogens with two attached hydrogens (primary N) is 1. The molecule has 0 aromatic rings. The Labute approximate surface area is 358 Å². The molecule has 4 N–H and O–H groups in total. The fraction of sp³-hybridized carbons (Fsp3) is 0.766. The number of esters is 2. The van der Waals surface area contributed by atoms with E-state index in [9.17, 15) is 23.8 Å². The van der Waals surface area contributed by atoms with Crippen molar-refractivity contribution in [1.29, 1.82) is 0 Å². The van der Waals surface area contributed by atoms with E-state index < -0.39 is 51.1 Å². The molecule has 0 rings (SSSR count). The van der Waals surface area contributed by atoms with Gasteiger partial charge in [-0.05, 0) is 51.4 Å². The van der Waals surface area contributed by atoms with Crippen LogP contribution in [0.2, 0.25) is 0 Å². The topological polar surface area (TPSA) is 172 Å². The number of hydrogen-bond acceptors (Lipinski definition) is 9. The molecule has 0 radical (unpaired) electrons. The molecule has 0 saturated heterocycles. The number of phosphoric ester groups is 1. The van der Waals surface area contributed by atoms with Crippen molar-refractivity contribution in [2.75, 3.05) is 19.8 Å². The Balaban J connectivity index is 4.36. The number of allylic oxidation sites excluding steroid dienone is 8. The third-order valence-electron chi connectivity index (χ3n) is 9.81. The second-order valence-electron chi connectivity index (χ2n) is 15.5. The summed E-state index contributed by atoms with van der Waals surface area (Å²) >= 11 is 0. The first-order chi connectivity index (χ1) is 28.6. The van der Waals surface area contributed by atoms with Crippen molar-refractivity contribution in [2.45, 2.75) is 212 Å². The Morgan fingerprint density at radius 1 is 0.525 bits per heavy atom. The minimum absolute atomic E-state index is 0.156. The van der Waals surface area contributed by atoms with E-state index in [1.54, 1.807) is 0 Å². The normalized spacial score (nSPS) is 14.1. The number of carbonyl (C=O) groups is 3. The third kappa shape index (κ3) is 41.9. The number of ether oxygens (including phenoxy) is 2. The van der Waals surface area contributed by atoms with E-state index in [-0.39, 0.29) is 19.4 Å². The number of carboxylic acid groups (broad SMARTS) is 1. The summed E-state index contributed by atoms with van der Waals surface area (Å²) in [6.45, 7) is 2.72. The van der Waals surface area contributed by atoms with Crippen molar-refractivity contribution in [1.82, 2.24) is 0 Å². The van der Waals surface area contributed by atoms with Gasteiger partial charge in [-0.25, -0.2) is 4.57 Å². The molecule has 1 unspecified atom stereocenters. The van der Waals surface area contributed by atoms with Gasteiger partial charge in [-0.2, -0.15) is 0 Å². The van der Waals surface area contributed by atoms with Gasteiger partial charge < -0.3 is 25.2 Å². The van der Waals surface area contributed by atoms with Crippen LogP contribution in [0.4, 0.5) is 0 Å². The molecule has 0 bridgehead atoms. The molecule has 3 atom stereocenters. The van der Waals surface area contributed by atoms with Gasteiger partial charge in [0.05, 0.1) is 13.2 Å². The summed E-state index contributed by atoms with van der Waals surface area (Å²) in [5.41, 5.74) is 5.34. The molecule has 12 heteroatoms. The molecule has 0 amide bonds. The summed E-state index contributed by atoms with van der Waals surface area (Å²) in [4.78, 5) is 46.0. The summed E-state index contributed by atoms with van der Waals surface area (Å²) in [7, 11) is -4.72. The van der Waals surface area contributed by atoms with E-state index >= 15 is 0 Å². The molecule has 0 aromatic carbocycles. The number of carboxylic acids is 1. The second kappa shape index (κ2) is 42.1. The molecule has 0 spiro atoms. The molecule has 0 aliphatic heterocycles. The number of rotatable bonds is 43. The molecular formula is C47H84NO10P. The first-order valence-electron chi connectivity index (χ1n) is 23.2. The van der Waals surface area contributed by atoms with Crippen LogP contribution in [0.15, 0.2) is 48.6 Å².